The molecule has 1 saturated heterocycles. The van der Waals surface area contributed by atoms with E-state index in [1.165, 1.54) is 11.3 Å². The number of likely N-dealkylation sites (tertiary alicyclic amines) is 1. The largest absolute Gasteiger partial charge is 0.345 e. The molecule has 0 bridgehead atoms. The first-order chi connectivity index (χ1) is 13.8. The van der Waals surface area contributed by atoms with Crippen molar-refractivity contribution in [3.05, 3.63) is 22.3 Å². The Bertz CT molecular complexity index is 1030. The summed E-state index contributed by atoms with van der Waals surface area (Å²) < 4.78 is 30.6. The Balaban J connectivity index is 1.65. The molecule has 0 aromatic carbocycles. The van der Waals surface area contributed by atoms with E-state index in [-0.39, 0.29) is 11.9 Å². The second-order valence-electron chi connectivity index (χ2n) is 8.07. The molecule has 1 aliphatic carbocycles. The fourth-order valence-corrected chi connectivity index (χ4v) is 6.92. The normalized spacial score (nSPS) is 18.1. The van der Waals surface area contributed by atoms with E-state index in [1.807, 2.05) is 30.4 Å². The monoisotopic (exact) mass is 436 g/mol. The third kappa shape index (κ3) is 3.87. The Morgan fingerprint density at radius 1 is 1.17 bits per heavy atom. The van der Waals surface area contributed by atoms with Gasteiger partial charge < -0.3 is 9.47 Å². The molecule has 0 spiro atoms. The maximum absolute atomic E-state index is 13.0. The lowest BCUT2D eigenvalue weighted by molar-refractivity contribution is 0.0796. The maximum Gasteiger partial charge on any atom is 0.265 e. The van der Waals surface area contributed by atoms with E-state index < -0.39 is 10.0 Å². The maximum atomic E-state index is 13.0. The number of carbonyl (C=O) groups excluding carboxylic acids is 1. The van der Waals surface area contributed by atoms with Gasteiger partial charge in [-0.25, -0.2) is 18.1 Å². The molecule has 1 aliphatic heterocycles. The first-order valence-electron chi connectivity index (χ1n) is 10.2. The molecule has 1 N–H and O–H groups in total. The topological polar surface area (TPSA) is 84.3 Å². The molecule has 2 aromatic rings. The summed E-state index contributed by atoms with van der Waals surface area (Å²) in [6, 6.07) is 1.71. The summed E-state index contributed by atoms with van der Waals surface area (Å²) in [6.45, 7) is 5.25. The average molecular weight is 437 g/mol. The van der Waals surface area contributed by atoms with E-state index in [1.54, 1.807) is 6.07 Å². The van der Waals surface area contributed by atoms with Gasteiger partial charge in [-0.15, -0.1) is 11.3 Å². The van der Waals surface area contributed by atoms with Crippen LogP contribution in [-0.2, 0) is 17.1 Å². The van der Waals surface area contributed by atoms with Gasteiger partial charge in [-0.3, -0.25) is 4.79 Å². The van der Waals surface area contributed by atoms with Crippen molar-refractivity contribution in [2.45, 2.75) is 63.3 Å². The number of sulfonamides is 1. The van der Waals surface area contributed by atoms with E-state index in [2.05, 4.69) is 9.71 Å². The van der Waals surface area contributed by atoms with Gasteiger partial charge in [0.05, 0.1) is 11.4 Å². The van der Waals surface area contributed by atoms with Crippen LogP contribution in [0.5, 0.6) is 0 Å². The van der Waals surface area contributed by atoms with Gasteiger partial charge in [0.2, 0.25) is 10.0 Å². The van der Waals surface area contributed by atoms with Crippen molar-refractivity contribution in [2.24, 2.45) is 7.05 Å². The number of carbonyl (C=O) groups is 1. The van der Waals surface area contributed by atoms with Gasteiger partial charge in [-0.2, -0.15) is 0 Å². The molecule has 0 radical (unpaired) electrons. The predicted molar refractivity (Wildman–Crippen MR) is 114 cm³/mol. The fourth-order valence-electron chi connectivity index (χ4n) is 4.24. The zero-order chi connectivity index (χ0) is 20.8. The highest BCUT2D eigenvalue weighted by atomic mass is 32.2. The molecule has 1 amide bonds. The number of aromatic nitrogens is 2. The standard InChI is InChI=1S/C20H28N4O3S2/c1-13-18(20(25)24-10-6-7-11-24)28-19(21-13)16-12-17(14(2)23(16)3)29(26,27)22-15-8-4-5-9-15/h12,15,22H,4-11H2,1-3H3. The SMILES string of the molecule is Cc1nc(-c2cc(S(=O)(=O)NC3CCCC3)c(C)n2C)sc1C(=O)N1CCCC1. The third-order valence-corrected chi connectivity index (χ3v) is 8.86. The Morgan fingerprint density at radius 3 is 2.48 bits per heavy atom. The van der Waals surface area contributed by atoms with Gasteiger partial charge in [0.1, 0.15) is 14.8 Å². The van der Waals surface area contributed by atoms with Crippen LogP contribution in [0.2, 0.25) is 0 Å². The number of nitrogens with zero attached hydrogens (tertiary/aromatic N) is 3. The summed E-state index contributed by atoms with van der Waals surface area (Å²) in [5, 5.41) is 0.679. The number of nitrogens with one attached hydrogen (secondary N) is 1. The lowest BCUT2D eigenvalue weighted by Gasteiger charge is -2.13. The molecular weight excluding hydrogens is 408 g/mol. The van der Waals surface area contributed by atoms with E-state index in [9.17, 15) is 13.2 Å². The van der Waals surface area contributed by atoms with Gasteiger partial charge in [0, 0.05) is 31.9 Å². The van der Waals surface area contributed by atoms with Gasteiger partial charge in [-0.1, -0.05) is 12.8 Å². The van der Waals surface area contributed by atoms with Crippen LogP contribution in [0.25, 0.3) is 10.7 Å². The highest BCUT2D eigenvalue weighted by Gasteiger charge is 2.29. The minimum Gasteiger partial charge on any atom is -0.345 e. The quantitative estimate of drug-likeness (QED) is 0.780. The number of hydrogen-bond donors (Lipinski definition) is 1. The van der Waals surface area contributed by atoms with E-state index in [4.69, 9.17) is 0 Å². The lowest BCUT2D eigenvalue weighted by atomic mass is 10.3. The minimum absolute atomic E-state index is 0.0230. The third-order valence-electron chi connectivity index (χ3n) is 6.06. The summed E-state index contributed by atoms with van der Waals surface area (Å²) in [7, 11) is -1.74. The van der Waals surface area contributed by atoms with Crippen molar-refractivity contribution in [3.63, 3.8) is 0 Å². The Hall–Kier alpha value is -1.71. The number of hydrogen-bond acceptors (Lipinski definition) is 5. The van der Waals surface area contributed by atoms with Crippen molar-refractivity contribution in [1.82, 2.24) is 19.2 Å². The highest BCUT2D eigenvalue weighted by molar-refractivity contribution is 7.89. The second-order valence-corrected chi connectivity index (χ2v) is 10.8. The molecule has 3 heterocycles. The first-order valence-corrected chi connectivity index (χ1v) is 12.5. The molecule has 29 heavy (non-hydrogen) atoms. The average Bonchev–Trinajstić information content (AvgIpc) is 3.44. The van der Waals surface area contributed by atoms with Crippen molar-refractivity contribution in [3.8, 4) is 10.7 Å². The number of aryl methyl sites for hydroxylation is 1. The number of amides is 1. The van der Waals surface area contributed by atoms with E-state index in [0.29, 0.717) is 26.2 Å². The summed E-state index contributed by atoms with van der Waals surface area (Å²) in [4.78, 5) is 20.2. The van der Waals surface area contributed by atoms with Crippen LogP contribution in [0, 0.1) is 13.8 Å². The lowest BCUT2D eigenvalue weighted by Crippen LogP contribution is -2.32. The van der Waals surface area contributed by atoms with Crippen LogP contribution in [0.3, 0.4) is 0 Å². The van der Waals surface area contributed by atoms with Crippen LogP contribution in [0.1, 0.15) is 59.6 Å². The second kappa shape index (κ2) is 7.85. The Labute approximate surface area is 176 Å². The molecule has 0 atom stereocenters. The fraction of sp³-hybridized carbons (Fsp3) is 0.600. The molecule has 2 aromatic heterocycles. The molecule has 2 fully saturated rings. The Kier molecular flexibility index (Phi) is 5.56. The summed E-state index contributed by atoms with van der Waals surface area (Å²) >= 11 is 1.35. The van der Waals surface area contributed by atoms with Crippen LogP contribution < -0.4 is 4.72 Å². The van der Waals surface area contributed by atoms with Gasteiger partial charge >= 0.3 is 0 Å². The summed E-state index contributed by atoms with van der Waals surface area (Å²) in [5.41, 5.74) is 2.10. The first kappa shape index (κ1) is 20.6. The molecule has 9 heteroatoms. The number of thiazole rings is 1. The zero-order valence-electron chi connectivity index (χ0n) is 17.2. The van der Waals surface area contributed by atoms with Gasteiger partial charge in [-0.05, 0) is 45.6 Å². The zero-order valence-corrected chi connectivity index (χ0v) is 18.8. The van der Waals surface area contributed by atoms with Crippen LogP contribution in [0.4, 0.5) is 0 Å². The van der Waals surface area contributed by atoms with Crippen molar-refractivity contribution in [1.29, 1.82) is 0 Å². The van der Waals surface area contributed by atoms with E-state index >= 15 is 0 Å². The molecule has 7 nitrogen and oxygen atoms in total. The highest BCUT2D eigenvalue weighted by Crippen LogP contribution is 2.33. The van der Waals surface area contributed by atoms with Gasteiger partial charge in [0.25, 0.3) is 5.91 Å². The molecule has 4 rings (SSSR count). The number of rotatable bonds is 5. The van der Waals surface area contributed by atoms with Crippen LogP contribution in [-0.4, -0.2) is 47.9 Å². The molecule has 0 unspecified atom stereocenters. The summed E-state index contributed by atoms with van der Waals surface area (Å²) in [5.74, 6) is 0.0328. The predicted octanol–water partition coefficient (Wildman–Crippen LogP) is 3.22. The van der Waals surface area contributed by atoms with Crippen molar-refractivity contribution in [2.75, 3.05) is 13.1 Å². The van der Waals surface area contributed by atoms with E-state index in [0.717, 1.165) is 57.3 Å². The van der Waals surface area contributed by atoms with Crippen molar-refractivity contribution < 1.29 is 13.2 Å². The van der Waals surface area contributed by atoms with Crippen LogP contribution >= 0.6 is 11.3 Å². The molecule has 158 valence electrons. The molecule has 2 aliphatic rings. The molecule has 1 saturated carbocycles. The minimum atomic E-state index is -3.59. The summed E-state index contributed by atoms with van der Waals surface area (Å²) in [6.07, 6.45) is 6.01. The molecular formula is C20H28N4O3S2. The van der Waals surface area contributed by atoms with Crippen LogP contribution in [0.15, 0.2) is 11.0 Å². The smallest absolute Gasteiger partial charge is 0.265 e. The van der Waals surface area contributed by atoms with Gasteiger partial charge in [0.15, 0.2) is 0 Å². The van der Waals surface area contributed by atoms with Crippen molar-refractivity contribution >= 4 is 27.3 Å². The Morgan fingerprint density at radius 2 is 1.83 bits per heavy atom.